The molecule has 1 atom stereocenters. The zero-order valence-electron chi connectivity index (χ0n) is 13.1. The summed E-state index contributed by atoms with van der Waals surface area (Å²) in [4.78, 5) is 1.64. The van der Waals surface area contributed by atoms with Crippen LogP contribution in [0.3, 0.4) is 0 Å². The Hall–Kier alpha value is -2.54. The average Bonchev–Trinajstić information content (AvgIpc) is 3.18. The van der Waals surface area contributed by atoms with E-state index >= 15 is 0 Å². The van der Waals surface area contributed by atoms with Gasteiger partial charge in [0, 0.05) is 19.8 Å². The summed E-state index contributed by atoms with van der Waals surface area (Å²) in [6.45, 7) is 3.28. The molecule has 3 aromatic rings. The van der Waals surface area contributed by atoms with E-state index in [1.54, 1.807) is 27.8 Å². The van der Waals surface area contributed by atoms with Gasteiger partial charge in [-0.3, -0.25) is 10.00 Å². The van der Waals surface area contributed by atoms with E-state index in [2.05, 4.69) is 20.6 Å². The Morgan fingerprint density at radius 2 is 1.96 bits per heavy atom. The van der Waals surface area contributed by atoms with Gasteiger partial charge in [-0.05, 0) is 30.7 Å². The number of hydrogen-bond acceptors (Lipinski definition) is 4. The predicted molar refractivity (Wildman–Crippen MR) is 84.0 cm³/mol. The molecule has 3 rings (SSSR count). The van der Waals surface area contributed by atoms with Crippen molar-refractivity contribution in [3.05, 3.63) is 65.5 Å². The summed E-state index contributed by atoms with van der Waals surface area (Å²) in [5.41, 5.74) is 2.69. The van der Waals surface area contributed by atoms with Gasteiger partial charge >= 0.3 is 0 Å². The smallest absolute Gasteiger partial charge is 0.123 e. The zero-order chi connectivity index (χ0) is 16.2. The molecule has 1 N–H and O–H groups in total. The number of halogens is 1. The Morgan fingerprint density at radius 3 is 2.57 bits per heavy atom. The fourth-order valence-corrected chi connectivity index (χ4v) is 2.41. The molecule has 23 heavy (non-hydrogen) atoms. The van der Waals surface area contributed by atoms with Gasteiger partial charge in [0.05, 0.1) is 30.2 Å². The molecule has 2 heterocycles. The van der Waals surface area contributed by atoms with E-state index in [9.17, 15) is 4.39 Å². The Kier molecular flexibility index (Phi) is 4.47. The zero-order valence-corrected chi connectivity index (χ0v) is 13.1. The highest BCUT2D eigenvalue weighted by atomic mass is 19.1. The molecule has 1 unspecified atom stereocenters. The average molecular weight is 314 g/mol. The molecule has 1 aromatic carbocycles. The molecule has 0 bridgehead atoms. The molecule has 6 nitrogen and oxygen atoms in total. The van der Waals surface area contributed by atoms with Crippen LogP contribution in [-0.2, 0) is 20.1 Å². The molecule has 0 aliphatic heterocycles. The van der Waals surface area contributed by atoms with Crippen molar-refractivity contribution in [2.45, 2.75) is 26.1 Å². The highest BCUT2D eigenvalue weighted by Crippen LogP contribution is 2.21. The second-order valence-electron chi connectivity index (χ2n) is 5.30. The first kappa shape index (κ1) is 15.4. The number of benzene rings is 1. The van der Waals surface area contributed by atoms with Crippen LogP contribution in [0.15, 0.2) is 42.7 Å². The minimum absolute atomic E-state index is 0.136. The van der Waals surface area contributed by atoms with Crippen molar-refractivity contribution in [2.24, 2.45) is 7.05 Å². The minimum Gasteiger partial charge on any atom is -0.299 e. The van der Waals surface area contributed by atoms with Crippen LogP contribution in [0.1, 0.15) is 29.9 Å². The minimum atomic E-state index is -0.251. The van der Waals surface area contributed by atoms with Crippen molar-refractivity contribution in [3.8, 4) is 0 Å². The Bertz CT molecular complexity index is 761. The van der Waals surface area contributed by atoms with Crippen molar-refractivity contribution in [2.75, 3.05) is 0 Å². The summed E-state index contributed by atoms with van der Waals surface area (Å²) in [6.07, 6.45) is 3.64. The van der Waals surface area contributed by atoms with Gasteiger partial charge in [0.15, 0.2) is 0 Å². The molecule has 0 saturated carbocycles. The number of rotatable bonds is 6. The van der Waals surface area contributed by atoms with Crippen LogP contribution in [0.2, 0.25) is 0 Å². The second-order valence-corrected chi connectivity index (χ2v) is 5.30. The molecular weight excluding hydrogens is 295 g/mol. The molecule has 0 spiro atoms. The molecule has 0 aliphatic carbocycles. The van der Waals surface area contributed by atoms with E-state index in [0.717, 1.165) is 23.5 Å². The standard InChI is InChI=1S/C16H19FN6/c1-3-23-19-11-14(20-23)10-18-16(15-8-9-22(2)21-15)12-4-6-13(17)7-5-12/h4-9,11,16,18H,3,10H2,1-2H3. The van der Waals surface area contributed by atoms with Gasteiger partial charge in [-0.2, -0.15) is 20.1 Å². The van der Waals surface area contributed by atoms with E-state index in [1.165, 1.54) is 12.1 Å². The van der Waals surface area contributed by atoms with E-state index in [0.29, 0.717) is 6.54 Å². The van der Waals surface area contributed by atoms with Crippen molar-refractivity contribution < 1.29 is 4.39 Å². The van der Waals surface area contributed by atoms with E-state index in [4.69, 9.17) is 0 Å². The molecule has 2 aromatic heterocycles. The molecule has 0 fully saturated rings. The fraction of sp³-hybridized carbons (Fsp3) is 0.312. The maximum atomic E-state index is 13.2. The molecule has 0 radical (unpaired) electrons. The van der Waals surface area contributed by atoms with Crippen LogP contribution in [0.5, 0.6) is 0 Å². The van der Waals surface area contributed by atoms with Crippen molar-refractivity contribution in [3.63, 3.8) is 0 Å². The monoisotopic (exact) mass is 314 g/mol. The Labute approximate surface area is 133 Å². The highest BCUT2D eigenvalue weighted by molar-refractivity contribution is 5.27. The van der Waals surface area contributed by atoms with Crippen molar-refractivity contribution in [1.82, 2.24) is 30.1 Å². The lowest BCUT2D eigenvalue weighted by molar-refractivity contribution is 0.541. The maximum absolute atomic E-state index is 13.2. The summed E-state index contributed by atoms with van der Waals surface area (Å²) in [5, 5.41) is 16.4. The molecule has 0 aliphatic rings. The third-order valence-electron chi connectivity index (χ3n) is 3.59. The van der Waals surface area contributed by atoms with Crippen LogP contribution in [0.25, 0.3) is 0 Å². The first-order valence-electron chi connectivity index (χ1n) is 7.53. The van der Waals surface area contributed by atoms with E-state index in [-0.39, 0.29) is 11.9 Å². The largest absolute Gasteiger partial charge is 0.299 e. The second kappa shape index (κ2) is 6.70. The van der Waals surface area contributed by atoms with Gasteiger partial charge in [0.2, 0.25) is 0 Å². The molecule has 7 heteroatoms. The quantitative estimate of drug-likeness (QED) is 0.756. The molecule has 0 saturated heterocycles. The topological polar surface area (TPSA) is 60.6 Å². The maximum Gasteiger partial charge on any atom is 0.123 e. The summed E-state index contributed by atoms with van der Waals surface area (Å²) >= 11 is 0. The normalized spacial score (nSPS) is 12.5. The van der Waals surface area contributed by atoms with Crippen molar-refractivity contribution >= 4 is 0 Å². The number of hydrogen-bond donors (Lipinski definition) is 1. The van der Waals surface area contributed by atoms with Crippen LogP contribution < -0.4 is 5.32 Å². The molecular formula is C16H19FN6. The van der Waals surface area contributed by atoms with E-state index in [1.807, 2.05) is 26.2 Å². The lowest BCUT2D eigenvalue weighted by Gasteiger charge is -2.16. The van der Waals surface area contributed by atoms with E-state index < -0.39 is 0 Å². The van der Waals surface area contributed by atoms with Gasteiger partial charge in [-0.25, -0.2) is 4.39 Å². The molecule has 120 valence electrons. The summed E-state index contributed by atoms with van der Waals surface area (Å²) in [7, 11) is 1.87. The third-order valence-corrected chi connectivity index (χ3v) is 3.59. The van der Waals surface area contributed by atoms with Gasteiger partial charge in [0.1, 0.15) is 5.82 Å². The van der Waals surface area contributed by atoms with Crippen LogP contribution in [0, 0.1) is 5.82 Å². The Balaban J connectivity index is 1.81. The lowest BCUT2D eigenvalue weighted by atomic mass is 10.0. The van der Waals surface area contributed by atoms with Crippen LogP contribution >= 0.6 is 0 Å². The number of aryl methyl sites for hydroxylation is 2. The van der Waals surface area contributed by atoms with Crippen LogP contribution in [-0.4, -0.2) is 24.8 Å². The number of nitrogens with zero attached hydrogens (tertiary/aromatic N) is 5. The van der Waals surface area contributed by atoms with Gasteiger partial charge < -0.3 is 0 Å². The first-order chi connectivity index (χ1) is 11.2. The SMILES string of the molecule is CCn1ncc(CNC(c2ccc(F)cc2)c2ccn(C)n2)n1. The number of aromatic nitrogens is 5. The first-order valence-corrected chi connectivity index (χ1v) is 7.53. The Morgan fingerprint density at radius 1 is 1.17 bits per heavy atom. The number of nitrogens with one attached hydrogen (secondary N) is 1. The molecule has 0 amide bonds. The highest BCUT2D eigenvalue weighted by Gasteiger charge is 2.17. The van der Waals surface area contributed by atoms with Gasteiger partial charge in [0.25, 0.3) is 0 Å². The summed E-state index contributed by atoms with van der Waals surface area (Å²) in [5.74, 6) is -0.251. The fourth-order valence-electron chi connectivity index (χ4n) is 2.41. The third kappa shape index (κ3) is 3.62. The van der Waals surface area contributed by atoms with Crippen LogP contribution in [0.4, 0.5) is 4.39 Å². The lowest BCUT2D eigenvalue weighted by Crippen LogP contribution is -2.23. The van der Waals surface area contributed by atoms with Crippen molar-refractivity contribution in [1.29, 1.82) is 0 Å². The van der Waals surface area contributed by atoms with Gasteiger partial charge in [-0.15, -0.1) is 0 Å². The van der Waals surface area contributed by atoms with Gasteiger partial charge in [-0.1, -0.05) is 12.1 Å². The summed E-state index contributed by atoms with van der Waals surface area (Å²) in [6, 6.07) is 8.27. The summed E-state index contributed by atoms with van der Waals surface area (Å²) < 4.78 is 14.9. The predicted octanol–water partition coefficient (Wildman–Crippen LogP) is 2.05.